The van der Waals surface area contributed by atoms with Gasteiger partial charge >= 0.3 is 0 Å². The van der Waals surface area contributed by atoms with Crippen molar-refractivity contribution in [3.05, 3.63) is 63.1 Å². The highest BCUT2D eigenvalue weighted by atomic mass is 79.9. The Kier molecular flexibility index (Phi) is 7.45. The lowest BCUT2D eigenvalue weighted by Crippen LogP contribution is -2.30. The Labute approximate surface area is 173 Å². The molecule has 0 bridgehead atoms. The van der Waals surface area contributed by atoms with Crippen LogP contribution >= 0.6 is 27.5 Å². The van der Waals surface area contributed by atoms with Crippen molar-refractivity contribution < 1.29 is 13.2 Å². The number of hydrogen-bond donors (Lipinski definition) is 1. The van der Waals surface area contributed by atoms with E-state index in [-0.39, 0.29) is 16.8 Å². The van der Waals surface area contributed by atoms with E-state index in [2.05, 4.69) is 21.2 Å². The minimum Gasteiger partial charge on any atom is -0.345 e. The topological polar surface area (TPSA) is 66.5 Å². The van der Waals surface area contributed by atoms with Gasteiger partial charge in [0, 0.05) is 17.6 Å². The second kappa shape index (κ2) is 9.19. The van der Waals surface area contributed by atoms with E-state index in [1.165, 1.54) is 4.31 Å². The molecule has 146 valence electrons. The number of hydrogen-bond acceptors (Lipinski definition) is 3. The Bertz CT molecular complexity index is 913. The lowest BCUT2D eigenvalue weighted by Gasteiger charge is -2.19. The number of rotatable bonds is 7. The van der Waals surface area contributed by atoms with Gasteiger partial charge in [0.05, 0.1) is 21.5 Å². The Morgan fingerprint density at radius 2 is 1.74 bits per heavy atom. The maximum absolute atomic E-state index is 12.5. The number of benzene rings is 2. The highest BCUT2D eigenvalue weighted by Gasteiger charge is 2.22. The van der Waals surface area contributed by atoms with Crippen molar-refractivity contribution in [2.24, 2.45) is 0 Å². The molecule has 0 saturated heterocycles. The van der Waals surface area contributed by atoms with Crippen LogP contribution in [0.15, 0.2) is 51.8 Å². The molecule has 0 fully saturated rings. The number of carbonyl (C=O) groups is 1. The van der Waals surface area contributed by atoms with Crippen molar-refractivity contribution >= 4 is 43.5 Å². The van der Waals surface area contributed by atoms with Crippen LogP contribution in [0.2, 0.25) is 5.02 Å². The van der Waals surface area contributed by atoms with E-state index in [9.17, 15) is 13.2 Å². The maximum Gasteiger partial charge on any atom is 0.253 e. The normalized spacial score (nSPS) is 12.8. The smallest absolute Gasteiger partial charge is 0.253 e. The van der Waals surface area contributed by atoms with Crippen molar-refractivity contribution in [1.82, 2.24) is 9.62 Å². The van der Waals surface area contributed by atoms with Crippen molar-refractivity contribution in [2.45, 2.75) is 31.7 Å². The molecule has 1 unspecified atom stereocenters. The Hall–Kier alpha value is -1.41. The van der Waals surface area contributed by atoms with Crippen LogP contribution < -0.4 is 5.32 Å². The van der Waals surface area contributed by atoms with Gasteiger partial charge in [-0.3, -0.25) is 4.79 Å². The summed E-state index contributed by atoms with van der Waals surface area (Å²) in [7, 11) is -3.50. The van der Waals surface area contributed by atoms with Gasteiger partial charge in [-0.15, -0.1) is 0 Å². The maximum atomic E-state index is 12.5. The summed E-state index contributed by atoms with van der Waals surface area (Å²) < 4.78 is 27.3. The first kappa shape index (κ1) is 21.9. The van der Waals surface area contributed by atoms with E-state index in [1.807, 2.05) is 6.92 Å². The molecule has 0 aliphatic heterocycles. The zero-order valence-corrected chi connectivity index (χ0v) is 18.5. The van der Waals surface area contributed by atoms with Crippen LogP contribution in [0.3, 0.4) is 0 Å². The number of halogens is 2. The van der Waals surface area contributed by atoms with Gasteiger partial charge in [-0.05, 0) is 42.8 Å². The van der Waals surface area contributed by atoms with Gasteiger partial charge in [-0.1, -0.05) is 53.5 Å². The van der Waals surface area contributed by atoms with E-state index in [0.29, 0.717) is 23.7 Å². The molecule has 2 rings (SSSR count). The van der Waals surface area contributed by atoms with E-state index < -0.39 is 10.0 Å². The summed E-state index contributed by atoms with van der Waals surface area (Å²) in [6, 6.07) is 11.3. The first-order valence-corrected chi connectivity index (χ1v) is 11.2. The Morgan fingerprint density at radius 3 is 2.30 bits per heavy atom. The van der Waals surface area contributed by atoms with Gasteiger partial charge < -0.3 is 5.32 Å². The quantitative estimate of drug-likeness (QED) is 0.638. The minimum absolute atomic E-state index is 0.239. The first-order valence-electron chi connectivity index (χ1n) is 8.56. The molecule has 8 heteroatoms. The molecule has 1 atom stereocenters. The molecule has 1 amide bonds. The molecule has 0 spiro atoms. The summed E-state index contributed by atoms with van der Waals surface area (Å²) in [5.74, 6) is -0.298. The molecule has 0 aliphatic rings. The second-order valence-electron chi connectivity index (χ2n) is 5.98. The van der Waals surface area contributed by atoms with Crippen LogP contribution in [0, 0.1) is 0 Å². The third kappa shape index (κ3) is 5.10. The second-order valence-corrected chi connectivity index (χ2v) is 9.24. The van der Waals surface area contributed by atoms with E-state index in [1.54, 1.807) is 56.3 Å². The van der Waals surface area contributed by atoms with Crippen molar-refractivity contribution in [2.75, 3.05) is 13.1 Å². The predicted octanol–water partition coefficient (Wildman–Crippen LogP) is 4.62. The number of sulfonamides is 1. The fourth-order valence-electron chi connectivity index (χ4n) is 2.67. The summed E-state index contributed by atoms with van der Waals surface area (Å²) in [6.45, 7) is 6.28. The summed E-state index contributed by atoms with van der Waals surface area (Å²) in [5, 5.41) is 3.24. The minimum atomic E-state index is -3.50. The largest absolute Gasteiger partial charge is 0.345 e. The molecule has 0 aliphatic carbocycles. The fraction of sp³-hybridized carbons (Fsp3) is 0.316. The number of amides is 1. The fourth-order valence-corrected chi connectivity index (χ4v) is 4.69. The molecule has 2 aromatic rings. The van der Waals surface area contributed by atoms with E-state index >= 15 is 0 Å². The molecular formula is C19H22BrClN2O3S. The Morgan fingerprint density at radius 1 is 1.15 bits per heavy atom. The highest BCUT2D eigenvalue weighted by Crippen LogP contribution is 2.23. The molecule has 0 heterocycles. The third-order valence-corrected chi connectivity index (χ3v) is 7.13. The van der Waals surface area contributed by atoms with Crippen molar-refractivity contribution in [3.8, 4) is 0 Å². The van der Waals surface area contributed by atoms with Gasteiger partial charge in [0.1, 0.15) is 0 Å². The summed E-state index contributed by atoms with van der Waals surface area (Å²) >= 11 is 9.42. The van der Waals surface area contributed by atoms with Crippen molar-refractivity contribution in [3.63, 3.8) is 0 Å². The number of nitrogens with zero attached hydrogens (tertiary/aromatic N) is 1. The molecule has 0 saturated carbocycles. The molecule has 5 nitrogen and oxygen atoms in total. The van der Waals surface area contributed by atoms with Gasteiger partial charge in [0.15, 0.2) is 0 Å². The molecule has 0 aromatic heterocycles. The first-order chi connectivity index (χ1) is 12.7. The lowest BCUT2D eigenvalue weighted by atomic mass is 10.1. The van der Waals surface area contributed by atoms with Gasteiger partial charge in [0.2, 0.25) is 10.0 Å². The van der Waals surface area contributed by atoms with E-state index in [0.717, 1.165) is 10.0 Å². The zero-order chi connectivity index (χ0) is 20.2. The zero-order valence-electron chi connectivity index (χ0n) is 15.4. The average Bonchev–Trinajstić information content (AvgIpc) is 2.64. The Balaban J connectivity index is 2.17. The number of carbonyl (C=O) groups excluding carboxylic acids is 1. The summed E-state index contributed by atoms with van der Waals surface area (Å²) in [5.41, 5.74) is 1.17. The average molecular weight is 474 g/mol. The van der Waals surface area contributed by atoms with Crippen molar-refractivity contribution in [1.29, 1.82) is 0 Å². The van der Waals surface area contributed by atoms with Crippen LogP contribution in [-0.2, 0) is 10.0 Å². The van der Waals surface area contributed by atoms with Crippen LogP contribution in [0.4, 0.5) is 0 Å². The van der Waals surface area contributed by atoms with Crippen LogP contribution in [0.1, 0.15) is 42.7 Å². The predicted molar refractivity (Wildman–Crippen MR) is 112 cm³/mol. The molecule has 2 aromatic carbocycles. The van der Waals surface area contributed by atoms with Gasteiger partial charge in [-0.2, -0.15) is 4.31 Å². The molecule has 1 N–H and O–H groups in total. The third-order valence-electron chi connectivity index (χ3n) is 4.24. The SMILES string of the molecule is CCN(CC)S(=O)(=O)c1ccc(C(C)NC(=O)c2cc(Br)ccc2Cl)cc1. The van der Waals surface area contributed by atoms with Crippen LogP contribution in [-0.4, -0.2) is 31.7 Å². The molecule has 0 radical (unpaired) electrons. The molecular weight excluding hydrogens is 452 g/mol. The molecule has 27 heavy (non-hydrogen) atoms. The summed E-state index contributed by atoms with van der Waals surface area (Å²) in [6.07, 6.45) is 0. The van der Waals surface area contributed by atoms with Gasteiger partial charge in [0.25, 0.3) is 5.91 Å². The van der Waals surface area contributed by atoms with E-state index in [4.69, 9.17) is 11.6 Å². The van der Waals surface area contributed by atoms with Crippen LogP contribution in [0.5, 0.6) is 0 Å². The summed E-state index contributed by atoms with van der Waals surface area (Å²) in [4.78, 5) is 12.7. The number of nitrogens with one attached hydrogen (secondary N) is 1. The highest BCUT2D eigenvalue weighted by molar-refractivity contribution is 9.10. The lowest BCUT2D eigenvalue weighted by molar-refractivity contribution is 0.0940. The standard InChI is InChI=1S/C19H22BrClN2O3S/c1-4-23(5-2)27(25,26)16-9-6-14(7-10-16)13(3)22-19(24)17-12-15(20)8-11-18(17)21/h6-13H,4-5H2,1-3H3,(H,22,24). The van der Waals surface area contributed by atoms with Crippen LogP contribution in [0.25, 0.3) is 0 Å². The monoisotopic (exact) mass is 472 g/mol. The van der Waals surface area contributed by atoms with Gasteiger partial charge in [-0.25, -0.2) is 8.42 Å².